The van der Waals surface area contributed by atoms with Gasteiger partial charge in [-0.3, -0.25) is 0 Å². The first kappa shape index (κ1) is 10.8. The lowest BCUT2D eigenvalue weighted by molar-refractivity contribution is -0.132. The third-order valence-electron chi connectivity index (χ3n) is 1.52. The molecule has 0 aliphatic carbocycles. The van der Waals surface area contributed by atoms with Gasteiger partial charge in [-0.05, 0) is 0 Å². The van der Waals surface area contributed by atoms with Crippen molar-refractivity contribution in [2.45, 2.75) is 24.6 Å². The Morgan fingerprint density at radius 2 is 1.64 bits per heavy atom. The molecule has 0 spiro atoms. The van der Waals surface area contributed by atoms with Crippen LogP contribution in [0.4, 0.5) is 0 Å². The first-order valence-electron chi connectivity index (χ1n) is 2.97. The van der Waals surface area contributed by atoms with Crippen LogP contribution in [0.25, 0.3) is 0 Å². The van der Waals surface area contributed by atoms with Gasteiger partial charge in [0.05, 0.1) is 6.61 Å². The van der Waals surface area contributed by atoms with Gasteiger partial charge in [0.2, 0.25) is 0 Å². The van der Waals surface area contributed by atoms with Gasteiger partial charge >= 0.3 is 0 Å². The number of aliphatic hydroxyl groups is 4. The molecule has 1 rings (SSSR count). The standard InChI is InChI=1S/C5H10O5.H2O/c6-1-2-3(7)4(8)5(9)10-2;/h2-9H,1H2;1H2/t2-,3-,4-,5-;/m1./s1. The number of ether oxygens (including phenoxy) is 1. The van der Waals surface area contributed by atoms with Crippen molar-refractivity contribution in [1.82, 2.24) is 0 Å². The van der Waals surface area contributed by atoms with Gasteiger partial charge in [-0.15, -0.1) is 0 Å². The molecule has 1 aliphatic rings. The zero-order chi connectivity index (χ0) is 7.72. The lowest BCUT2D eigenvalue weighted by atomic mass is 10.1. The number of rotatable bonds is 1. The van der Waals surface area contributed by atoms with Crippen molar-refractivity contribution in [1.29, 1.82) is 0 Å². The van der Waals surface area contributed by atoms with Crippen LogP contribution in [0.15, 0.2) is 0 Å². The maximum absolute atomic E-state index is 8.93. The Morgan fingerprint density at radius 3 is 1.82 bits per heavy atom. The fourth-order valence-corrected chi connectivity index (χ4v) is 0.880. The highest BCUT2D eigenvalue weighted by molar-refractivity contribution is 4.84. The molecular weight excluding hydrogens is 156 g/mol. The molecular formula is C5H12O6. The largest absolute Gasteiger partial charge is 0.412 e. The van der Waals surface area contributed by atoms with Gasteiger partial charge in [-0.2, -0.15) is 0 Å². The van der Waals surface area contributed by atoms with E-state index in [4.69, 9.17) is 20.4 Å². The second kappa shape index (κ2) is 3.96. The molecule has 1 aliphatic heterocycles. The fraction of sp³-hybridized carbons (Fsp3) is 1.00. The second-order valence-corrected chi connectivity index (χ2v) is 2.23. The van der Waals surface area contributed by atoms with Gasteiger partial charge in [0.25, 0.3) is 0 Å². The molecule has 0 aromatic carbocycles. The van der Waals surface area contributed by atoms with Gasteiger partial charge in [-0.25, -0.2) is 0 Å². The Hall–Kier alpha value is -0.240. The predicted octanol–water partition coefficient (Wildman–Crippen LogP) is -3.41. The minimum atomic E-state index is -1.38. The molecule has 0 saturated carbocycles. The summed E-state index contributed by atoms with van der Waals surface area (Å²) in [5.41, 5.74) is 0. The van der Waals surface area contributed by atoms with Crippen LogP contribution in [0.3, 0.4) is 0 Å². The molecule has 11 heavy (non-hydrogen) atoms. The van der Waals surface area contributed by atoms with Crippen LogP contribution < -0.4 is 0 Å². The van der Waals surface area contributed by atoms with Gasteiger partial charge in [-0.1, -0.05) is 0 Å². The molecule has 6 heteroatoms. The highest BCUT2D eigenvalue weighted by Crippen LogP contribution is 2.18. The average molecular weight is 168 g/mol. The smallest absolute Gasteiger partial charge is 0.184 e. The van der Waals surface area contributed by atoms with Gasteiger partial charge in [0, 0.05) is 0 Å². The molecule has 4 atom stereocenters. The monoisotopic (exact) mass is 168 g/mol. The van der Waals surface area contributed by atoms with Crippen molar-refractivity contribution in [2.24, 2.45) is 0 Å². The third-order valence-corrected chi connectivity index (χ3v) is 1.52. The SMILES string of the molecule is O.OC[C@H]1O[C@@H](O)[C@H](O)[C@@H]1O. The lowest BCUT2D eigenvalue weighted by Crippen LogP contribution is -2.33. The Kier molecular flexibility index (Phi) is 3.87. The minimum Gasteiger partial charge on any atom is -0.412 e. The molecule has 0 aromatic heterocycles. The minimum absolute atomic E-state index is 0. The maximum atomic E-state index is 8.93. The van der Waals surface area contributed by atoms with E-state index in [2.05, 4.69) is 4.74 Å². The second-order valence-electron chi connectivity index (χ2n) is 2.23. The first-order valence-corrected chi connectivity index (χ1v) is 2.97. The topological polar surface area (TPSA) is 122 Å². The number of hydrogen-bond acceptors (Lipinski definition) is 5. The van der Waals surface area contributed by atoms with Crippen molar-refractivity contribution in [3.8, 4) is 0 Å². The van der Waals surface area contributed by atoms with Crippen LogP contribution >= 0.6 is 0 Å². The summed E-state index contributed by atoms with van der Waals surface area (Å²) in [5, 5.41) is 35.0. The zero-order valence-electron chi connectivity index (χ0n) is 5.71. The van der Waals surface area contributed by atoms with Gasteiger partial charge < -0.3 is 30.6 Å². The van der Waals surface area contributed by atoms with Crippen LogP contribution in [-0.2, 0) is 4.74 Å². The van der Waals surface area contributed by atoms with E-state index in [1.54, 1.807) is 0 Å². The maximum Gasteiger partial charge on any atom is 0.184 e. The van der Waals surface area contributed by atoms with E-state index in [9.17, 15) is 0 Å². The normalized spacial score (nSPS) is 43.6. The van der Waals surface area contributed by atoms with E-state index in [-0.39, 0.29) is 5.48 Å². The number of hydrogen-bond donors (Lipinski definition) is 4. The highest BCUT2D eigenvalue weighted by atomic mass is 16.6. The van der Waals surface area contributed by atoms with Crippen LogP contribution in [0.1, 0.15) is 0 Å². The summed E-state index contributed by atoms with van der Waals surface area (Å²) in [7, 11) is 0. The molecule has 0 aromatic rings. The van der Waals surface area contributed by atoms with Crippen LogP contribution in [0, 0.1) is 0 Å². The summed E-state index contributed by atoms with van der Waals surface area (Å²) in [5.74, 6) is 0. The summed E-state index contributed by atoms with van der Waals surface area (Å²) >= 11 is 0. The van der Waals surface area contributed by atoms with E-state index < -0.39 is 31.2 Å². The summed E-state index contributed by atoms with van der Waals surface area (Å²) in [6.45, 7) is -0.407. The van der Waals surface area contributed by atoms with Crippen LogP contribution in [0.5, 0.6) is 0 Å². The first-order chi connectivity index (χ1) is 4.66. The third kappa shape index (κ3) is 1.86. The average Bonchev–Trinajstić information content (AvgIpc) is 2.17. The lowest BCUT2D eigenvalue weighted by Gasteiger charge is -2.09. The van der Waals surface area contributed by atoms with Crippen molar-refractivity contribution < 1.29 is 30.6 Å². The Balaban J connectivity index is 0.000001000. The van der Waals surface area contributed by atoms with Crippen LogP contribution in [0.2, 0.25) is 0 Å². The molecule has 0 unspecified atom stereocenters. The quantitative estimate of drug-likeness (QED) is 0.325. The van der Waals surface area contributed by atoms with E-state index in [1.165, 1.54) is 0 Å². The van der Waals surface area contributed by atoms with E-state index in [0.29, 0.717) is 0 Å². The molecule has 0 amide bonds. The van der Waals surface area contributed by atoms with E-state index in [0.717, 1.165) is 0 Å². The Labute approximate surface area is 63.0 Å². The van der Waals surface area contributed by atoms with Gasteiger partial charge in [0.15, 0.2) is 6.29 Å². The van der Waals surface area contributed by atoms with Crippen molar-refractivity contribution >= 4 is 0 Å². The Bertz CT molecular complexity index is 118. The molecule has 68 valence electrons. The summed E-state index contributed by atoms with van der Waals surface area (Å²) < 4.78 is 4.54. The molecule has 0 bridgehead atoms. The highest BCUT2D eigenvalue weighted by Gasteiger charge is 2.41. The van der Waals surface area contributed by atoms with Gasteiger partial charge in [0.1, 0.15) is 18.3 Å². The van der Waals surface area contributed by atoms with Crippen LogP contribution in [-0.4, -0.2) is 57.1 Å². The molecule has 6 N–H and O–H groups in total. The summed E-state index contributed by atoms with van der Waals surface area (Å²) in [4.78, 5) is 0. The summed E-state index contributed by atoms with van der Waals surface area (Å²) in [6, 6.07) is 0. The summed E-state index contributed by atoms with van der Waals surface area (Å²) in [6.07, 6.45) is -4.76. The molecule has 0 radical (unpaired) electrons. The molecule has 1 fully saturated rings. The van der Waals surface area contributed by atoms with E-state index in [1.807, 2.05) is 0 Å². The molecule has 1 heterocycles. The molecule has 1 saturated heterocycles. The fourth-order valence-electron chi connectivity index (χ4n) is 0.880. The van der Waals surface area contributed by atoms with Crippen molar-refractivity contribution in [3.63, 3.8) is 0 Å². The number of aliphatic hydroxyl groups excluding tert-OH is 4. The molecule has 6 nitrogen and oxygen atoms in total. The predicted molar refractivity (Wildman–Crippen MR) is 33.6 cm³/mol. The zero-order valence-corrected chi connectivity index (χ0v) is 5.71. The van der Waals surface area contributed by atoms with Crippen molar-refractivity contribution in [2.75, 3.05) is 6.61 Å². The Morgan fingerprint density at radius 1 is 1.09 bits per heavy atom. The van der Waals surface area contributed by atoms with E-state index >= 15 is 0 Å². The van der Waals surface area contributed by atoms with Crippen molar-refractivity contribution in [3.05, 3.63) is 0 Å².